The third-order valence-corrected chi connectivity index (χ3v) is 5.11. The Kier molecular flexibility index (Phi) is 5.80. The first kappa shape index (κ1) is 17.5. The lowest BCUT2D eigenvalue weighted by Crippen LogP contribution is -2.34. The number of amides is 1. The van der Waals surface area contributed by atoms with Crippen molar-refractivity contribution in [3.8, 4) is 12.3 Å². The zero-order valence-corrected chi connectivity index (χ0v) is 14.1. The lowest BCUT2D eigenvalue weighted by molar-refractivity contribution is 0.0747. The molecule has 0 saturated heterocycles. The van der Waals surface area contributed by atoms with Gasteiger partial charge in [-0.3, -0.25) is 4.79 Å². The van der Waals surface area contributed by atoms with E-state index in [-0.39, 0.29) is 17.3 Å². The van der Waals surface area contributed by atoms with Crippen molar-refractivity contribution >= 4 is 15.9 Å². The molecule has 1 N–H and O–H groups in total. The van der Waals surface area contributed by atoms with Crippen LogP contribution in [0.4, 0.5) is 0 Å². The second kappa shape index (κ2) is 7.62. The van der Waals surface area contributed by atoms with Gasteiger partial charge in [0.1, 0.15) is 0 Å². The third kappa shape index (κ3) is 4.81. The van der Waals surface area contributed by atoms with Gasteiger partial charge in [-0.05, 0) is 43.4 Å². The summed E-state index contributed by atoms with van der Waals surface area (Å²) < 4.78 is 26.5. The van der Waals surface area contributed by atoms with Crippen molar-refractivity contribution in [3.05, 3.63) is 29.8 Å². The minimum absolute atomic E-state index is 0.0569. The molecule has 1 aliphatic rings. The summed E-state index contributed by atoms with van der Waals surface area (Å²) in [6.45, 7) is 3.38. The molecule has 124 valence electrons. The SMILES string of the molecule is C#CCNS(=O)(=O)c1cccc(C(=O)N(CCC)CC2CC2)c1. The number of terminal acetylenes is 1. The van der Waals surface area contributed by atoms with E-state index >= 15 is 0 Å². The fraction of sp³-hybridized carbons (Fsp3) is 0.471. The van der Waals surface area contributed by atoms with Crippen LogP contribution in [0.1, 0.15) is 36.5 Å². The van der Waals surface area contributed by atoms with Crippen LogP contribution in [0.15, 0.2) is 29.2 Å². The Morgan fingerprint density at radius 2 is 2.17 bits per heavy atom. The molecule has 1 aromatic rings. The van der Waals surface area contributed by atoms with E-state index in [0.29, 0.717) is 18.0 Å². The quantitative estimate of drug-likeness (QED) is 0.738. The third-order valence-electron chi connectivity index (χ3n) is 3.71. The van der Waals surface area contributed by atoms with Crippen LogP contribution < -0.4 is 4.72 Å². The average molecular weight is 334 g/mol. The van der Waals surface area contributed by atoms with Crippen LogP contribution in [0.3, 0.4) is 0 Å². The summed E-state index contributed by atoms with van der Waals surface area (Å²) in [5.74, 6) is 2.70. The maximum absolute atomic E-state index is 12.7. The predicted octanol–water partition coefficient (Wildman–Crippen LogP) is 1.86. The molecular weight excluding hydrogens is 312 g/mol. The Labute approximate surface area is 138 Å². The molecule has 1 aliphatic carbocycles. The molecule has 0 aliphatic heterocycles. The molecule has 5 nitrogen and oxygen atoms in total. The highest BCUT2D eigenvalue weighted by Crippen LogP contribution is 2.30. The second-order valence-corrected chi connectivity index (χ2v) is 7.52. The normalized spacial score (nSPS) is 14.3. The van der Waals surface area contributed by atoms with Gasteiger partial charge in [0.25, 0.3) is 5.91 Å². The van der Waals surface area contributed by atoms with Crippen LogP contribution in [-0.4, -0.2) is 38.9 Å². The van der Waals surface area contributed by atoms with Crippen molar-refractivity contribution in [3.63, 3.8) is 0 Å². The molecule has 0 spiro atoms. The van der Waals surface area contributed by atoms with Gasteiger partial charge in [0.15, 0.2) is 0 Å². The highest BCUT2D eigenvalue weighted by molar-refractivity contribution is 7.89. The van der Waals surface area contributed by atoms with E-state index < -0.39 is 10.0 Å². The highest BCUT2D eigenvalue weighted by atomic mass is 32.2. The molecule has 1 aromatic carbocycles. The molecule has 0 bridgehead atoms. The fourth-order valence-corrected chi connectivity index (χ4v) is 3.34. The number of carbonyl (C=O) groups is 1. The molecular formula is C17H22N2O3S. The van der Waals surface area contributed by atoms with E-state index in [1.54, 1.807) is 12.1 Å². The van der Waals surface area contributed by atoms with Crippen molar-refractivity contribution in [1.29, 1.82) is 0 Å². The molecule has 23 heavy (non-hydrogen) atoms. The van der Waals surface area contributed by atoms with Gasteiger partial charge < -0.3 is 4.90 Å². The lowest BCUT2D eigenvalue weighted by Gasteiger charge is -2.22. The topological polar surface area (TPSA) is 66.5 Å². The van der Waals surface area contributed by atoms with Crippen LogP contribution in [0.25, 0.3) is 0 Å². The highest BCUT2D eigenvalue weighted by Gasteiger charge is 2.27. The Morgan fingerprint density at radius 3 is 2.78 bits per heavy atom. The summed E-state index contributed by atoms with van der Waals surface area (Å²) >= 11 is 0. The molecule has 0 aromatic heterocycles. The van der Waals surface area contributed by atoms with E-state index in [1.807, 2.05) is 11.8 Å². The van der Waals surface area contributed by atoms with E-state index in [4.69, 9.17) is 6.42 Å². The minimum Gasteiger partial charge on any atom is -0.338 e. The summed E-state index contributed by atoms with van der Waals surface area (Å²) in [6, 6.07) is 6.11. The van der Waals surface area contributed by atoms with E-state index in [2.05, 4.69) is 10.6 Å². The van der Waals surface area contributed by atoms with Crippen molar-refractivity contribution < 1.29 is 13.2 Å². The number of carbonyl (C=O) groups excluding carboxylic acids is 1. The Morgan fingerprint density at radius 1 is 1.43 bits per heavy atom. The van der Waals surface area contributed by atoms with Crippen molar-refractivity contribution in [2.75, 3.05) is 19.6 Å². The zero-order valence-electron chi connectivity index (χ0n) is 13.3. The lowest BCUT2D eigenvalue weighted by atomic mass is 10.2. The van der Waals surface area contributed by atoms with Gasteiger partial charge in [0.2, 0.25) is 10.0 Å². The first-order valence-corrected chi connectivity index (χ1v) is 9.28. The predicted molar refractivity (Wildman–Crippen MR) is 89.4 cm³/mol. The monoisotopic (exact) mass is 334 g/mol. The second-order valence-electron chi connectivity index (χ2n) is 5.75. The van der Waals surface area contributed by atoms with Crippen molar-refractivity contribution in [2.24, 2.45) is 5.92 Å². The van der Waals surface area contributed by atoms with Gasteiger partial charge in [-0.15, -0.1) is 6.42 Å². The summed E-state index contributed by atoms with van der Waals surface area (Å²) in [6.07, 6.45) is 8.28. The maximum atomic E-state index is 12.7. The fourth-order valence-electron chi connectivity index (χ4n) is 2.36. The number of nitrogens with zero attached hydrogens (tertiary/aromatic N) is 1. The molecule has 2 rings (SSSR count). The van der Waals surface area contributed by atoms with Crippen LogP contribution in [-0.2, 0) is 10.0 Å². The number of nitrogens with one attached hydrogen (secondary N) is 1. The number of sulfonamides is 1. The first-order chi connectivity index (χ1) is 11.0. The standard InChI is InChI=1S/C17H22N2O3S/c1-3-10-18-23(21,22)16-7-5-6-15(12-16)17(20)19(11-4-2)13-14-8-9-14/h1,5-7,12,14,18H,4,8-11,13H2,2H3. The molecule has 0 radical (unpaired) electrons. The van der Waals surface area contributed by atoms with Gasteiger partial charge in [-0.25, -0.2) is 8.42 Å². The average Bonchev–Trinajstić information content (AvgIpc) is 3.36. The van der Waals surface area contributed by atoms with Crippen LogP contribution >= 0.6 is 0 Å². The smallest absolute Gasteiger partial charge is 0.253 e. The maximum Gasteiger partial charge on any atom is 0.253 e. The summed E-state index contributed by atoms with van der Waals surface area (Å²) in [5.41, 5.74) is 0.391. The van der Waals surface area contributed by atoms with Gasteiger partial charge in [-0.1, -0.05) is 18.9 Å². The Balaban J connectivity index is 2.20. The number of benzene rings is 1. The van der Waals surface area contributed by atoms with E-state index in [0.717, 1.165) is 25.8 Å². The molecule has 0 unspecified atom stereocenters. The van der Waals surface area contributed by atoms with Gasteiger partial charge >= 0.3 is 0 Å². The van der Waals surface area contributed by atoms with Crippen molar-refractivity contribution in [2.45, 2.75) is 31.1 Å². The Hall–Kier alpha value is -1.84. The molecule has 6 heteroatoms. The van der Waals surface area contributed by atoms with Crippen LogP contribution in [0.2, 0.25) is 0 Å². The summed E-state index contributed by atoms with van der Waals surface area (Å²) in [5, 5.41) is 0. The minimum atomic E-state index is -3.69. The first-order valence-electron chi connectivity index (χ1n) is 7.80. The zero-order chi connectivity index (χ0) is 16.9. The van der Waals surface area contributed by atoms with E-state index in [1.165, 1.54) is 12.1 Å². The van der Waals surface area contributed by atoms with Gasteiger partial charge in [0, 0.05) is 18.7 Å². The molecule has 0 heterocycles. The molecule has 1 amide bonds. The largest absolute Gasteiger partial charge is 0.338 e. The summed E-state index contributed by atoms with van der Waals surface area (Å²) in [4.78, 5) is 14.5. The van der Waals surface area contributed by atoms with Gasteiger partial charge in [-0.2, -0.15) is 4.72 Å². The molecule has 1 fully saturated rings. The van der Waals surface area contributed by atoms with Gasteiger partial charge in [0.05, 0.1) is 11.4 Å². The molecule has 0 atom stereocenters. The number of hydrogen-bond acceptors (Lipinski definition) is 3. The number of hydrogen-bond donors (Lipinski definition) is 1. The number of rotatable bonds is 8. The molecule has 1 saturated carbocycles. The Bertz CT molecular complexity index is 703. The van der Waals surface area contributed by atoms with Crippen LogP contribution in [0.5, 0.6) is 0 Å². The van der Waals surface area contributed by atoms with E-state index in [9.17, 15) is 13.2 Å². The van der Waals surface area contributed by atoms with Crippen LogP contribution in [0, 0.1) is 18.3 Å². The van der Waals surface area contributed by atoms with Crippen molar-refractivity contribution in [1.82, 2.24) is 9.62 Å². The summed E-state index contributed by atoms with van der Waals surface area (Å²) in [7, 11) is -3.69.